The van der Waals surface area contributed by atoms with Crippen molar-refractivity contribution in [3.63, 3.8) is 0 Å². The van der Waals surface area contributed by atoms with Crippen LogP contribution in [0.4, 0.5) is 0 Å². The lowest BCUT2D eigenvalue weighted by atomic mass is 10.2. The van der Waals surface area contributed by atoms with Crippen molar-refractivity contribution in [2.75, 3.05) is 12.4 Å². The van der Waals surface area contributed by atoms with Gasteiger partial charge in [-0.1, -0.05) is 72.3 Å². The van der Waals surface area contributed by atoms with Crippen LogP contribution >= 0.6 is 0 Å². The minimum absolute atomic E-state index is 0.0389. The van der Waals surface area contributed by atoms with Gasteiger partial charge >= 0.3 is 5.97 Å². The maximum atomic E-state index is 13.6. The van der Waals surface area contributed by atoms with E-state index >= 15 is 0 Å². The molecule has 6 nitrogen and oxygen atoms in total. The van der Waals surface area contributed by atoms with Gasteiger partial charge in [-0.3, -0.25) is 4.79 Å². The van der Waals surface area contributed by atoms with Gasteiger partial charge in [0.05, 0.1) is 4.90 Å². The van der Waals surface area contributed by atoms with E-state index in [4.69, 9.17) is 4.74 Å². The fourth-order valence-electron chi connectivity index (χ4n) is 2.79. The van der Waals surface area contributed by atoms with Gasteiger partial charge in [0, 0.05) is 4.90 Å². The first kappa shape index (κ1) is 23.4. The van der Waals surface area contributed by atoms with Gasteiger partial charge in [-0.15, -0.1) is 3.77 Å². The smallest absolute Gasteiger partial charge is 0.320 e. The van der Waals surface area contributed by atoms with E-state index < -0.39 is 31.5 Å². The van der Waals surface area contributed by atoms with Crippen LogP contribution in [0.15, 0.2) is 105 Å². The fraction of sp³-hybridized carbons (Fsp3) is 0.125. The molecule has 3 aromatic carbocycles. The Bertz CT molecular complexity index is 1310. The highest BCUT2D eigenvalue weighted by Gasteiger charge is 2.24. The molecule has 1 unspecified atom stereocenters. The zero-order chi connectivity index (χ0) is 23.0. The van der Waals surface area contributed by atoms with Gasteiger partial charge in [0.2, 0.25) is 0 Å². The molecule has 32 heavy (non-hydrogen) atoms. The first-order chi connectivity index (χ1) is 15.3. The van der Waals surface area contributed by atoms with Gasteiger partial charge in [0.1, 0.15) is 22.1 Å². The summed E-state index contributed by atoms with van der Waals surface area (Å²) in [7, 11) is -7.90. The lowest BCUT2D eigenvalue weighted by Crippen LogP contribution is -2.20. The number of rotatable bonds is 8. The van der Waals surface area contributed by atoms with Gasteiger partial charge < -0.3 is 4.74 Å². The van der Waals surface area contributed by atoms with Crippen molar-refractivity contribution in [3.05, 3.63) is 102 Å². The lowest BCUT2D eigenvalue weighted by molar-refractivity contribution is -0.139. The summed E-state index contributed by atoms with van der Waals surface area (Å²) in [5.74, 6) is -1.49. The Morgan fingerprint density at radius 2 is 1.44 bits per heavy atom. The van der Waals surface area contributed by atoms with Crippen LogP contribution in [0.5, 0.6) is 0 Å². The first-order valence-electron chi connectivity index (χ1n) is 9.79. The van der Waals surface area contributed by atoms with Crippen LogP contribution in [-0.4, -0.2) is 31.0 Å². The van der Waals surface area contributed by atoms with Crippen LogP contribution in [0, 0.1) is 6.92 Å². The number of aryl methyl sites for hydroxylation is 1. The number of sulfonamides is 1. The monoisotopic (exact) mass is 469 g/mol. The molecule has 1 atom stereocenters. The molecule has 0 aliphatic carbocycles. The molecule has 0 radical (unpaired) electrons. The van der Waals surface area contributed by atoms with E-state index in [0.717, 1.165) is 11.1 Å². The molecular formula is C24H23NO5S2. The molecule has 0 N–H and O–H groups in total. The van der Waals surface area contributed by atoms with Gasteiger partial charge in [0.25, 0.3) is 10.0 Å². The van der Waals surface area contributed by atoms with Crippen molar-refractivity contribution in [3.8, 4) is 0 Å². The number of carbonyl (C=O) groups is 1. The van der Waals surface area contributed by atoms with Crippen molar-refractivity contribution >= 4 is 31.8 Å². The molecule has 8 heteroatoms. The van der Waals surface area contributed by atoms with Gasteiger partial charge in [-0.25, -0.2) is 4.21 Å². The Labute approximate surface area is 188 Å². The maximum absolute atomic E-state index is 13.6. The highest BCUT2D eigenvalue weighted by Crippen LogP contribution is 2.21. The third kappa shape index (κ3) is 6.38. The second-order valence-corrected chi connectivity index (χ2v) is 11.0. The molecule has 3 rings (SSSR count). The van der Waals surface area contributed by atoms with Gasteiger partial charge in [-0.2, -0.15) is 8.42 Å². The minimum Gasteiger partial charge on any atom is -0.461 e. The van der Waals surface area contributed by atoms with Crippen molar-refractivity contribution < 1.29 is 22.2 Å². The van der Waals surface area contributed by atoms with E-state index in [1.54, 1.807) is 42.5 Å². The average Bonchev–Trinajstić information content (AvgIpc) is 2.78. The van der Waals surface area contributed by atoms with Gasteiger partial charge in [0.15, 0.2) is 0 Å². The molecule has 3 aromatic rings. The zero-order valence-corrected chi connectivity index (χ0v) is 19.1. The van der Waals surface area contributed by atoms with Crippen LogP contribution in [-0.2, 0) is 29.3 Å². The van der Waals surface area contributed by atoms with E-state index in [1.807, 2.05) is 37.3 Å². The summed E-state index contributed by atoms with van der Waals surface area (Å²) in [5.41, 5.74) is 1.82. The summed E-state index contributed by atoms with van der Waals surface area (Å²) < 4.78 is 48.2. The number of carbonyl (C=O) groups excluding carboxylic acids is 1. The van der Waals surface area contributed by atoms with Crippen molar-refractivity contribution in [1.29, 1.82) is 0 Å². The fourth-order valence-corrected chi connectivity index (χ4v) is 6.59. The number of esters is 1. The van der Waals surface area contributed by atoms with Crippen molar-refractivity contribution in [2.24, 2.45) is 3.77 Å². The van der Waals surface area contributed by atoms with E-state index in [2.05, 4.69) is 3.77 Å². The molecular weight excluding hydrogens is 446 g/mol. The third-order valence-corrected chi connectivity index (χ3v) is 8.66. The molecule has 0 heterocycles. The molecule has 0 aromatic heterocycles. The van der Waals surface area contributed by atoms with E-state index in [9.17, 15) is 17.4 Å². The van der Waals surface area contributed by atoms with Crippen molar-refractivity contribution in [2.45, 2.75) is 16.7 Å². The molecule has 0 aliphatic heterocycles. The van der Waals surface area contributed by atoms with Crippen molar-refractivity contribution in [1.82, 2.24) is 0 Å². The van der Waals surface area contributed by atoms with Crippen LogP contribution < -0.4 is 0 Å². The summed E-state index contributed by atoms with van der Waals surface area (Å²) in [5, 5.41) is 0. The SMILES string of the molecule is Cc1ccc(S(=O)(=O)N=S(=O)(CC(=O)OC/C=C/c2ccccc2)c2ccccc2)cc1. The second-order valence-electron chi connectivity index (χ2n) is 6.96. The van der Waals surface area contributed by atoms with Crippen LogP contribution in [0.25, 0.3) is 6.08 Å². The van der Waals surface area contributed by atoms with E-state index in [1.165, 1.54) is 24.3 Å². The lowest BCUT2D eigenvalue weighted by Gasteiger charge is -2.10. The van der Waals surface area contributed by atoms with E-state index in [0.29, 0.717) is 0 Å². The Morgan fingerprint density at radius 3 is 2.06 bits per heavy atom. The quantitative estimate of drug-likeness (QED) is 0.454. The number of hydrogen-bond acceptors (Lipinski definition) is 5. The molecule has 0 saturated heterocycles. The largest absolute Gasteiger partial charge is 0.461 e. The van der Waals surface area contributed by atoms with Gasteiger partial charge in [-0.05, 0) is 42.8 Å². The Balaban J connectivity index is 1.83. The zero-order valence-electron chi connectivity index (χ0n) is 17.5. The molecule has 0 aliphatic rings. The summed E-state index contributed by atoms with van der Waals surface area (Å²) in [6.07, 6.45) is 3.44. The number of benzene rings is 3. The predicted octanol–water partition coefficient (Wildman–Crippen LogP) is 4.47. The topological polar surface area (TPSA) is 89.9 Å². The highest BCUT2D eigenvalue weighted by atomic mass is 32.3. The molecule has 0 bridgehead atoms. The van der Waals surface area contributed by atoms with E-state index in [-0.39, 0.29) is 16.4 Å². The molecule has 0 spiro atoms. The minimum atomic E-state index is -4.26. The number of ether oxygens (including phenoxy) is 1. The second kappa shape index (κ2) is 10.4. The maximum Gasteiger partial charge on any atom is 0.320 e. The average molecular weight is 470 g/mol. The molecule has 166 valence electrons. The number of nitrogens with zero attached hydrogens (tertiary/aromatic N) is 1. The summed E-state index contributed by atoms with van der Waals surface area (Å²) in [4.78, 5) is 12.5. The van der Waals surface area contributed by atoms with Crippen LogP contribution in [0.2, 0.25) is 0 Å². The predicted molar refractivity (Wildman–Crippen MR) is 125 cm³/mol. The Hall–Kier alpha value is -3.23. The Kier molecular flexibility index (Phi) is 7.61. The van der Waals surface area contributed by atoms with Crippen LogP contribution in [0.1, 0.15) is 11.1 Å². The summed E-state index contributed by atoms with van der Waals surface area (Å²) in [6, 6.07) is 23.4. The summed E-state index contributed by atoms with van der Waals surface area (Å²) in [6.45, 7) is 1.78. The molecule has 0 fully saturated rings. The molecule has 0 saturated carbocycles. The first-order valence-corrected chi connectivity index (χ1v) is 12.9. The highest BCUT2D eigenvalue weighted by molar-refractivity contribution is 8.03. The standard InChI is InChI=1S/C24H23NO5S2/c1-20-14-16-23(17-15-20)32(28,29)25-31(27,22-12-6-3-7-13-22)19-24(26)30-18-8-11-21-9-4-2-5-10-21/h2-17H,18-19H2,1H3/b11-8+. The van der Waals surface area contributed by atoms with Crippen LogP contribution in [0.3, 0.4) is 0 Å². The Morgan fingerprint density at radius 1 is 0.844 bits per heavy atom. The number of hydrogen-bond donors (Lipinski definition) is 0. The third-order valence-electron chi connectivity index (χ3n) is 4.41. The molecule has 0 amide bonds. The summed E-state index contributed by atoms with van der Waals surface area (Å²) >= 11 is 0. The normalized spacial score (nSPS) is 13.4.